The molecule has 1 fully saturated rings. The maximum atomic E-state index is 13.1. The molecular formula is C13H15FN2O. The van der Waals surface area contributed by atoms with Crippen molar-refractivity contribution in [3.63, 3.8) is 0 Å². The summed E-state index contributed by atoms with van der Waals surface area (Å²) in [6.07, 6.45) is 2.87. The normalized spacial score (nSPS) is 31.6. The summed E-state index contributed by atoms with van der Waals surface area (Å²) in [6.45, 7) is 0. The number of halogens is 1. The van der Waals surface area contributed by atoms with Gasteiger partial charge in [-0.1, -0.05) is 6.07 Å². The monoisotopic (exact) mass is 234 g/mol. The van der Waals surface area contributed by atoms with Gasteiger partial charge in [-0.15, -0.1) is 0 Å². The van der Waals surface area contributed by atoms with Crippen molar-refractivity contribution in [2.45, 2.75) is 37.5 Å². The summed E-state index contributed by atoms with van der Waals surface area (Å²) >= 11 is 0. The zero-order valence-corrected chi connectivity index (χ0v) is 9.47. The molecule has 1 heterocycles. The van der Waals surface area contributed by atoms with Crippen LogP contribution in [0.3, 0.4) is 0 Å². The van der Waals surface area contributed by atoms with Gasteiger partial charge in [-0.2, -0.15) is 0 Å². The summed E-state index contributed by atoms with van der Waals surface area (Å²) in [7, 11) is 0. The average molecular weight is 234 g/mol. The van der Waals surface area contributed by atoms with Gasteiger partial charge in [-0.05, 0) is 31.0 Å². The molecule has 0 saturated heterocycles. The lowest BCUT2D eigenvalue weighted by molar-refractivity contribution is 0.142. The fourth-order valence-electron chi connectivity index (χ4n) is 2.51. The number of benzene rings is 1. The topological polar surface area (TPSA) is 47.6 Å². The number of aliphatic imine (C=N–C) groups is 1. The average Bonchev–Trinajstić information content (AvgIpc) is 2.72. The molecule has 1 saturated carbocycles. The van der Waals surface area contributed by atoms with Gasteiger partial charge in [0.05, 0.1) is 6.04 Å². The molecule has 0 spiro atoms. The van der Waals surface area contributed by atoms with Gasteiger partial charge < -0.3 is 10.5 Å². The van der Waals surface area contributed by atoms with Crippen LogP contribution in [0, 0.1) is 5.82 Å². The van der Waals surface area contributed by atoms with E-state index in [0.29, 0.717) is 11.5 Å². The molecule has 0 amide bonds. The Balaban J connectivity index is 1.82. The third kappa shape index (κ3) is 2.05. The molecule has 3 rings (SSSR count). The van der Waals surface area contributed by atoms with Crippen LogP contribution in [0.15, 0.2) is 29.3 Å². The van der Waals surface area contributed by atoms with Crippen LogP contribution in [-0.2, 0) is 4.74 Å². The molecule has 1 aliphatic carbocycles. The second kappa shape index (κ2) is 4.11. The van der Waals surface area contributed by atoms with Gasteiger partial charge in [0.25, 0.3) is 0 Å². The van der Waals surface area contributed by atoms with Crippen molar-refractivity contribution in [3.05, 3.63) is 35.6 Å². The van der Waals surface area contributed by atoms with Crippen LogP contribution in [0.1, 0.15) is 24.8 Å². The van der Waals surface area contributed by atoms with Crippen molar-refractivity contribution < 1.29 is 9.13 Å². The summed E-state index contributed by atoms with van der Waals surface area (Å²) in [5.41, 5.74) is 6.62. The van der Waals surface area contributed by atoms with Gasteiger partial charge in [0.2, 0.25) is 5.90 Å². The second-order valence-corrected chi connectivity index (χ2v) is 4.74. The van der Waals surface area contributed by atoms with E-state index >= 15 is 0 Å². The summed E-state index contributed by atoms with van der Waals surface area (Å²) in [5.74, 6) is 0.300. The number of nitrogens with zero attached hydrogens (tertiary/aromatic N) is 1. The molecule has 2 N–H and O–H groups in total. The van der Waals surface area contributed by atoms with Crippen molar-refractivity contribution in [2.24, 2.45) is 10.7 Å². The first-order valence-electron chi connectivity index (χ1n) is 5.98. The first-order chi connectivity index (χ1) is 8.22. The van der Waals surface area contributed by atoms with E-state index in [1.54, 1.807) is 6.07 Å². The highest BCUT2D eigenvalue weighted by Crippen LogP contribution is 2.29. The zero-order chi connectivity index (χ0) is 11.8. The Bertz CT molecular complexity index is 460. The lowest BCUT2D eigenvalue weighted by Crippen LogP contribution is -2.37. The van der Waals surface area contributed by atoms with Crippen LogP contribution in [0.5, 0.6) is 0 Å². The van der Waals surface area contributed by atoms with Crippen LogP contribution in [0.25, 0.3) is 0 Å². The molecule has 90 valence electrons. The van der Waals surface area contributed by atoms with Gasteiger partial charge >= 0.3 is 0 Å². The summed E-state index contributed by atoms with van der Waals surface area (Å²) < 4.78 is 18.9. The number of fused-ring (bicyclic) bond motifs is 1. The zero-order valence-electron chi connectivity index (χ0n) is 9.47. The van der Waals surface area contributed by atoms with E-state index in [4.69, 9.17) is 10.5 Å². The Morgan fingerprint density at radius 3 is 3.06 bits per heavy atom. The van der Waals surface area contributed by atoms with Crippen LogP contribution >= 0.6 is 0 Å². The number of nitrogens with two attached hydrogens (primary N) is 1. The third-order valence-electron chi connectivity index (χ3n) is 3.42. The highest BCUT2D eigenvalue weighted by Gasteiger charge is 2.36. The minimum absolute atomic E-state index is 0.0806. The van der Waals surface area contributed by atoms with Crippen molar-refractivity contribution in [1.82, 2.24) is 0 Å². The Morgan fingerprint density at radius 1 is 1.35 bits per heavy atom. The highest BCUT2D eigenvalue weighted by molar-refractivity contribution is 5.95. The third-order valence-corrected chi connectivity index (χ3v) is 3.42. The molecule has 1 aromatic rings. The van der Waals surface area contributed by atoms with E-state index in [1.807, 2.05) is 6.07 Å². The molecular weight excluding hydrogens is 219 g/mol. The summed E-state index contributed by atoms with van der Waals surface area (Å²) in [5, 5.41) is 0. The number of hydrogen-bond acceptors (Lipinski definition) is 3. The molecule has 17 heavy (non-hydrogen) atoms. The smallest absolute Gasteiger partial charge is 0.216 e. The standard InChI is InChI=1S/C13H15FN2O/c14-9-3-1-2-8(6-9)13-16-11-5-4-10(15)7-12(11)17-13/h1-3,6,10-12H,4-5,7,15H2. The maximum Gasteiger partial charge on any atom is 0.216 e. The van der Waals surface area contributed by atoms with Crippen molar-refractivity contribution in [2.75, 3.05) is 0 Å². The largest absolute Gasteiger partial charge is 0.472 e. The summed E-state index contributed by atoms with van der Waals surface area (Å²) in [6, 6.07) is 6.77. The van der Waals surface area contributed by atoms with Gasteiger partial charge in [0.15, 0.2) is 0 Å². The van der Waals surface area contributed by atoms with E-state index in [1.165, 1.54) is 12.1 Å². The lowest BCUT2D eigenvalue weighted by atomic mass is 9.90. The van der Waals surface area contributed by atoms with Crippen LogP contribution in [0.2, 0.25) is 0 Å². The minimum Gasteiger partial charge on any atom is -0.472 e. The Hall–Kier alpha value is -1.42. The Kier molecular flexibility index (Phi) is 2.59. The first kappa shape index (κ1) is 10.7. The SMILES string of the molecule is NC1CCC2N=C(c3cccc(F)c3)OC2C1. The molecule has 3 atom stereocenters. The van der Waals surface area contributed by atoms with Crippen molar-refractivity contribution in [1.29, 1.82) is 0 Å². The number of hydrogen-bond donors (Lipinski definition) is 1. The molecule has 0 aromatic heterocycles. The molecule has 4 heteroatoms. The molecule has 3 unspecified atom stereocenters. The summed E-state index contributed by atoms with van der Waals surface area (Å²) in [4.78, 5) is 4.53. The minimum atomic E-state index is -0.264. The van der Waals surface area contributed by atoms with E-state index in [-0.39, 0.29) is 24.0 Å². The second-order valence-electron chi connectivity index (χ2n) is 4.74. The highest BCUT2D eigenvalue weighted by atomic mass is 19.1. The van der Waals surface area contributed by atoms with Crippen LogP contribution < -0.4 is 5.73 Å². The van der Waals surface area contributed by atoms with Gasteiger partial charge in [0.1, 0.15) is 11.9 Å². The molecule has 0 bridgehead atoms. The first-order valence-corrected chi connectivity index (χ1v) is 5.98. The fourth-order valence-corrected chi connectivity index (χ4v) is 2.51. The van der Waals surface area contributed by atoms with Gasteiger partial charge in [0, 0.05) is 18.0 Å². The maximum absolute atomic E-state index is 13.1. The molecule has 1 aromatic carbocycles. The fraction of sp³-hybridized carbons (Fsp3) is 0.462. The van der Waals surface area contributed by atoms with Gasteiger partial charge in [-0.3, -0.25) is 0 Å². The van der Waals surface area contributed by atoms with E-state index in [9.17, 15) is 4.39 Å². The quantitative estimate of drug-likeness (QED) is 0.806. The lowest BCUT2D eigenvalue weighted by Gasteiger charge is -2.26. The van der Waals surface area contributed by atoms with Gasteiger partial charge in [-0.25, -0.2) is 9.38 Å². The Labute approximate surface area is 99.5 Å². The number of rotatable bonds is 1. The molecule has 2 aliphatic rings. The molecule has 3 nitrogen and oxygen atoms in total. The van der Waals surface area contributed by atoms with Crippen LogP contribution in [-0.4, -0.2) is 24.1 Å². The molecule has 1 aliphatic heterocycles. The predicted octanol–water partition coefficient (Wildman–Crippen LogP) is 1.85. The van der Waals surface area contributed by atoms with Crippen molar-refractivity contribution in [3.8, 4) is 0 Å². The predicted molar refractivity (Wildman–Crippen MR) is 63.4 cm³/mol. The van der Waals surface area contributed by atoms with Crippen molar-refractivity contribution >= 4 is 5.90 Å². The number of ether oxygens (including phenoxy) is 1. The van der Waals surface area contributed by atoms with E-state index in [0.717, 1.165) is 19.3 Å². The molecule has 0 radical (unpaired) electrons. The van der Waals surface area contributed by atoms with E-state index < -0.39 is 0 Å². The van der Waals surface area contributed by atoms with E-state index in [2.05, 4.69) is 4.99 Å². The van der Waals surface area contributed by atoms with Crippen LogP contribution in [0.4, 0.5) is 4.39 Å². The Morgan fingerprint density at radius 2 is 2.24 bits per heavy atom.